The zero-order valence-electron chi connectivity index (χ0n) is 15.4. The van der Waals surface area contributed by atoms with Crippen LogP contribution in [-0.2, 0) is 6.61 Å². The molecule has 1 amide bonds. The van der Waals surface area contributed by atoms with E-state index in [9.17, 15) is 9.59 Å². The Morgan fingerprint density at radius 1 is 1.00 bits per heavy atom. The first kappa shape index (κ1) is 19.0. The van der Waals surface area contributed by atoms with Crippen molar-refractivity contribution in [3.05, 3.63) is 82.4 Å². The monoisotopic (exact) mass is 381 g/mol. The highest BCUT2D eigenvalue weighted by Crippen LogP contribution is 2.29. The summed E-state index contributed by atoms with van der Waals surface area (Å²) in [6, 6.07) is 15.5. The minimum absolute atomic E-state index is 0.0272. The zero-order valence-corrected chi connectivity index (χ0v) is 15.4. The number of hydrogen-bond donors (Lipinski definition) is 1. The number of amides is 1. The van der Waals surface area contributed by atoms with Crippen LogP contribution in [0.2, 0.25) is 0 Å². The van der Waals surface area contributed by atoms with Crippen LogP contribution in [0.3, 0.4) is 0 Å². The summed E-state index contributed by atoms with van der Waals surface area (Å²) in [7, 11) is 3.00. The molecule has 0 unspecified atom stereocenters. The van der Waals surface area contributed by atoms with Crippen molar-refractivity contribution in [2.45, 2.75) is 6.61 Å². The molecular formula is C21H19NO6. The van der Waals surface area contributed by atoms with Gasteiger partial charge in [0.15, 0.2) is 5.76 Å². The topological polar surface area (TPSA) is 87.0 Å². The molecule has 144 valence electrons. The van der Waals surface area contributed by atoms with Crippen molar-refractivity contribution in [2.75, 3.05) is 19.5 Å². The number of methoxy groups -OCH3 is 2. The molecule has 7 heteroatoms. The number of hydrogen-bond acceptors (Lipinski definition) is 6. The first-order chi connectivity index (χ1) is 13.6. The molecule has 0 spiro atoms. The van der Waals surface area contributed by atoms with Gasteiger partial charge in [0, 0.05) is 12.1 Å². The van der Waals surface area contributed by atoms with Crippen molar-refractivity contribution >= 4 is 11.6 Å². The van der Waals surface area contributed by atoms with Gasteiger partial charge in [-0.25, -0.2) is 0 Å². The highest BCUT2D eigenvalue weighted by molar-refractivity contribution is 6.03. The molecule has 0 fully saturated rings. The second-order valence-electron chi connectivity index (χ2n) is 5.77. The van der Waals surface area contributed by atoms with Crippen LogP contribution in [0.25, 0.3) is 0 Å². The van der Waals surface area contributed by atoms with Crippen molar-refractivity contribution in [1.29, 1.82) is 0 Å². The lowest BCUT2D eigenvalue weighted by atomic mass is 10.2. The summed E-state index contributed by atoms with van der Waals surface area (Å²) in [6.07, 6.45) is 1.13. The fourth-order valence-corrected chi connectivity index (χ4v) is 2.45. The van der Waals surface area contributed by atoms with Gasteiger partial charge in [-0.05, 0) is 17.7 Å². The van der Waals surface area contributed by atoms with Gasteiger partial charge < -0.3 is 23.9 Å². The van der Waals surface area contributed by atoms with E-state index in [0.717, 1.165) is 17.9 Å². The van der Waals surface area contributed by atoms with E-state index in [1.54, 1.807) is 18.2 Å². The SMILES string of the molecule is COc1ccc(OC)c(NC(=O)c2cc(=O)c(OCc3ccccc3)co2)c1. The number of rotatable bonds is 7. The van der Waals surface area contributed by atoms with Crippen LogP contribution in [0.4, 0.5) is 5.69 Å². The Morgan fingerprint density at radius 2 is 1.79 bits per heavy atom. The maximum absolute atomic E-state index is 12.4. The van der Waals surface area contributed by atoms with Gasteiger partial charge in [0.05, 0.1) is 19.9 Å². The first-order valence-electron chi connectivity index (χ1n) is 8.43. The molecular weight excluding hydrogens is 362 g/mol. The lowest BCUT2D eigenvalue weighted by molar-refractivity contribution is 0.0993. The van der Waals surface area contributed by atoms with Crippen molar-refractivity contribution in [1.82, 2.24) is 0 Å². The van der Waals surface area contributed by atoms with Gasteiger partial charge in [0.1, 0.15) is 24.4 Å². The van der Waals surface area contributed by atoms with Crippen LogP contribution >= 0.6 is 0 Å². The molecule has 0 atom stereocenters. The molecule has 0 bridgehead atoms. The highest BCUT2D eigenvalue weighted by atomic mass is 16.5. The predicted molar refractivity (Wildman–Crippen MR) is 103 cm³/mol. The van der Waals surface area contributed by atoms with Gasteiger partial charge in [0.2, 0.25) is 11.2 Å². The van der Waals surface area contributed by atoms with Crippen molar-refractivity contribution < 1.29 is 23.4 Å². The molecule has 3 aromatic rings. The van der Waals surface area contributed by atoms with Gasteiger partial charge >= 0.3 is 0 Å². The molecule has 1 aromatic heterocycles. The van der Waals surface area contributed by atoms with Crippen LogP contribution in [0.5, 0.6) is 17.2 Å². The Hall–Kier alpha value is -3.74. The van der Waals surface area contributed by atoms with E-state index in [-0.39, 0.29) is 18.1 Å². The van der Waals surface area contributed by atoms with Gasteiger partial charge in [-0.3, -0.25) is 9.59 Å². The molecule has 0 aliphatic heterocycles. The zero-order chi connectivity index (χ0) is 19.9. The Labute approximate surface area is 161 Å². The van der Waals surface area contributed by atoms with E-state index in [1.165, 1.54) is 14.2 Å². The number of benzene rings is 2. The smallest absolute Gasteiger partial charge is 0.291 e. The Morgan fingerprint density at radius 3 is 2.46 bits per heavy atom. The summed E-state index contributed by atoms with van der Waals surface area (Å²) < 4.78 is 21.1. The molecule has 0 aliphatic carbocycles. The van der Waals surface area contributed by atoms with E-state index in [0.29, 0.717) is 17.2 Å². The van der Waals surface area contributed by atoms with Crippen molar-refractivity contribution in [3.63, 3.8) is 0 Å². The third kappa shape index (κ3) is 4.50. The van der Waals surface area contributed by atoms with Gasteiger partial charge in [-0.15, -0.1) is 0 Å². The Bertz CT molecular complexity index is 1010. The summed E-state index contributed by atoms with van der Waals surface area (Å²) in [5.74, 6) is 0.265. The third-order valence-corrected chi connectivity index (χ3v) is 3.91. The first-order valence-corrected chi connectivity index (χ1v) is 8.43. The predicted octanol–water partition coefficient (Wildman–Crippen LogP) is 3.49. The van der Waals surface area contributed by atoms with Gasteiger partial charge in [-0.2, -0.15) is 0 Å². The molecule has 1 N–H and O–H groups in total. The largest absolute Gasteiger partial charge is 0.497 e. The van der Waals surface area contributed by atoms with Crippen molar-refractivity contribution in [2.24, 2.45) is 0 Å². The Kier molecular flexibility index (Phi) is 5.96. The number of nitrogens with one attached hydrogen (secondary N) is 1. The quantitative estimate of drug-likeness (QED) is 0.674. The standard InChI is InChI=1S/C21H19NO6/c1-25-15-8-9-18(26-2)16(10-15)22-21(24)19-11-17(23)20(13-28-19)27-12-14-6-4-3-5-7-14/h3-11,13H,12H2,1-2H3,(H,22,24). The molecule has 1 heterocycles. The number of ether oxygens (including phenoxy) is 3. The average Bonchev–Trinajstić information content (AvgIpc) is 2.73. The molecule has 3 rings (SSSR count). The lowest BCUT2D eigenvalue weighted by Crippen LogP contribution is -2.16. The number of carbonyl (C=O) groups is 1. The van der Waals surface area contributed by atoms with Gasteiger partial charge in [0.25, 0.3) is 5.91 Å². The summed E-state index contributed by atoms with van der Waals surface area (Å²) >= 11 is 0. The van der Waals surface area contributed by atoms with E-state index in [2.05, 4.69) is 5.32 Å². The van der Waals surface area contributed by atoms with Gasteiger partial charge in [-0.1, -0.05) is 30.3 Å². The minimum atomic E-state index is -0.599. The summed E-state index contributed by atoms with van der Waals surface area (Å²) in [4.78, 5) is 24.7. The molecule has 0 aliphatic rings. The fourth-order valence-electron chi connectivity index (χ4n) is 2.45. The summed E-state index contributed by atoms with van der Waals surface area (Å²) in [5, 5.41) is 2.64. The minimum Gasteiger partial charge on any atom is -0.497 e. The van der Waals surface area contributed by atoms with E-state index < -0.39 is 11.3 Å². The maximum Gasteiger partial charge on any atom is 0.291 e. The van der Waals surface area contributed by atoms with Crippen LogP contribution in [0, 0.1) is 0 Å². The average molecular weight is 381 g/mol. The maximum atomic E-state index is 12.4. The number of carbonyl (C=O) groups excluding carboxylic acids is 1. The lowest BCUT2D eigenvalue weighted by Gasteiger charge is -2.11. The second kappa shape index (κ2) is 8.77. The number of anilines is 1. The van der Waals surface area contributed by atoms with E-state index in [1.807, 2.05) is 30.3 Å². The summed E-state index contributed by atoms with van der Waals surface area (Å²) in [6.45, 7) is 0.220. The van der Waals surface area contributed by atoms with Crippen LogP contribution in [-0.4, -0.2) is 20.1 Å². The summed E-state index contributed by atoms with van der Waals surface area (Å²) in [5.41, 5.74) is 0.845. The Balaban J connectivity index is 1.73. The van der Waals surface area contributed by atoms with Crippen LogP contribution < -0.4 is 25.0 Å². The van der Waals surface area contributed by atoms with E-state index in [4.69, 9.17) is 18.6 Å². The molecule has 0 saturated heterocycles. The highest BCUT2D eigenvalue weighted by Gasteiger charge is 2.15. The molecule has 0 saturated carbocycles. The molecule has 0 radical (unpaired) electrons. The third-order valence-electron chi connectivity index (χ3n) is 3.91. The molecule has 7 nitrogen and oxygen atoms in total. The van der Waals surface area contributed by atoms with Crippen molar-refractivity contribution in [3.8, 4) is 17.2 Å². The fraction of sp³-hybridized carbons (Fsp3) is 0.143. The normalized spacial score (nSPS) is 10.2. The van der Waals surface area contributed by atoms with Crippen LogP contribution in [0.15, 0.2) is 70.1 Å². The molecule has 2 aromatic carbocycles. The molecule has 28 heavy (non-hydrogen) atoms. The van der Waals surface area contributed by atoms with Crippen LogP contribution in [0.1, 0.15) is 16.1 Å². The second-order valence-corrected chi connectivity index (χ2v) is 5.77. The van der Waals surface area contributed by atoms with E-state index >= 15 is 0 Å².